The number of carbonyl (C=O) groups excluding carboxylic acids is 2. The van der Waals surface area contributed by atoms with E-state index in [1.165, 1.54) is 0 Å². The highest BCUT2D eigenvalue weighted by Gasteiger charge is 2.11. The van der Waals surface area contributed by atoms with Crippen molar-refractivity contribution in [2.45, 2.75) is 25.3 Å². The van der Waals surface area contributed by atoms with Crippen LogP contribution < -0.4 is 16.8 Å². The quantitative estimate of drug-likeness (QED) is 0.429. The number of nitrogens with one attached hydrogen (secondary N) is 1. The van der Waals surface area contributed by atoms with E-state index in [0.717, 1.165) is 12.8 Å². The minimum absolute atomic E-state index is 0.0938. The molecule has 0 aromatic heterocycles. The van der Waals surface area contributed by atoms with Crippen LogP contribution in [0.4, 0.5) is 0 Å². The summed E-state index contributed by atoms with van der Waals surface area (Å²) in [6.45, 7) is 0.514. The van der Waals surface area contributed by atoms with Gasteiger partial charge in [-0.15, -0.1) is 0 Å². The molecule has 0 rings (SSSR count). The van der Waals surface area contributed by atoms with E-state index in [1.807, 2.05) is 0 Å². The second-order valence-corrected chi connectivity index (χ2v) is 2.75. The van der Waals surface area contributed by atoms with Crippen molar-refractivity contribution in [3.63, 3.8) is 0 Å². The van der Waals surface area contributed by atoms with Crippen molar-refractivity contribution in [3.05, 3.63) is 0 Å². The summed E-state index contributed by atoms with van der Waals surface area (Å²) < 4.78 is 0. The summed E-state index contributed by atoms with van der Waals surface area (Å²) >= 11 is 0. The molecule has 1 radical (unpaired) electrons. The molecule has 0 aliphatic heterocycles. The van der Waals surface area contributed by atoms with Gasteiger partial charge in [0.05, 0.1) is 12.6 Å². The summed E-state index contributed by atoms with van der Waals surface area (Å²) in [7, 11) is 0. The molecule has 5 nitrogen and oxygen atoms in total. The summed E-state index contributed by atoms with van der Waals surface area (Å²) in [6, 6.07) is -0.542. The van der Waals surface area contributed by atoms with Gasteiger partial charge in [-0.3, -0.25) is 9.59 Å². The molecule has 5 heteroatoms. The average molecular weight is 186 g/mol. The SMILES string of the molecule is NCCCC[C@@H](N)C(=O)NC[C]=O. The molecule has 0 aliphatic carbocycles. The second-order valence-electron chi connectivity index (χ2n) is 2.75. The Labute approximate surface area is 77.8 Å². The van der Waals surface area contributed by atoms with E-state index in [4.69, 9.17) is 11.5 Å². The van der Waals surface area contributed by atoms with Crippen LogP contribution in [0.5, 0.6) is 0 Å². The van der Waals surface area contributed by atoms with E-state index in [2.05, 4.69) is 5.32 Å². The van der Waals surface area contributed by atoms with Crippen molar-refractivity contribution < 1.29 is 9.59 Å². The highest BCUT2D eigenvalue weighted by Crippen LogP contribution is 1.97. The van der Waals surface area contributed by atoms with Gasteiger partial charge in [0.25, 0.3) is 0 Å². The van der Waals surface area contributed by atoms with Crippen LogP contribution in [-0.2, 0) is 9.59 Å². The molecular weight excluding hydrogens is 170 g/mol. The summed E-state index contributed by atoms with van der Waals surface area (Å²) in [4.78, 5) is 20.8. The van der Waals surface area contributed by atoms with Gasteiger partial charge in [-0.1, -0.05) is 6.42 Å². The molecule has 0 aliphatic rings. The molecule has 0 unspecified atom stereocenters. The lowest BCUT2D eigenvalue weighted by molar-refractivity contribution is -0.122. The zero-order valence-electron chi connectivity index (χ0n) is 7.58. The topological polar surface area (TPSA) is 98.2 Å². The third kappa shape index (κ3) is 6.24. The number of hydrogen-bond acceptors (Lipinski definition) is 4. The molecule has 0 spiro atoms. The van der Waals surface area contributed by atoms with Crippen LogP contribution in [0.2, 0.25) is 0 Å². The zero-order valence-corrected chi connectivity index (χ0v) is 7.58. The normalized spacial score (nSPS) is 12.2. The van der Waals surface area contributed by atoms with E-state index in [0.29, 0.717) is 13.0 Å². The molecule has 0 bridgehead atoms. The van der Waals surface area contributed by atoms with Crippen LogP contribution in [0.1, 0.15) is 19.3 Å². The van der Waals surface area contributed by atoms with Crippen molar-refractivity contribution in [1.29, 1.82) is 0 Å². The molecule has 0 saturated heterocycles. The van der Waals surface area contributed by atoms with Gasteiger partial charge in [0.15, 0.2) is 0 Å². The zero-order chi connectivity index (χ0) is 10.1. The Morgan fingerprint density at radius 1 is 1.46 bits per heavy atom. The van der Waals surface area contributed by atoms with Crippen molar-refractivity contribution in [2.24, 2.45) is 11.5 Å². The number of nitrogens with two attached hydrogens (primary N) is 2. The van der Waals surface area contributed by atoms with Crippen molar-refractivity contribution in [2.75, 3.05) is 13.1 Å². The number of carbonyl (C=O) groups is 1. The fourth-order valence-corrected chi connectivity index (χ4v) is 0.894. The largest absolute Gasteiger partial charge is 0.347 e. The molecule has 0 aromatic carbocycles. The van der Waals surface area contributed by atoms with Gasteiger partial charge in [0.1, 0.15) is 0 Å². The van der Waals surface area contributed by atoms with E-state index in [1.54, 1.807) is 6.29 Å². The Morgan fingerprint density at radius 2 is 2.15 bits per heavy atom. The third-order valence-electron chi connectivity index (χ3n) is 1.64. The van der Waals surface area contributed by atoms with Gasteiger partial charge >= 0.3 is 0 Å². The molecule has 1 amide bonds. The standard InChI is InChI=1S/C8H16N3O2/c9-4-2-1-3-7(10)8(13)11-5-6-12/h7H,1-5,9-10H2,(H,11,13)/t7-/m1/s1. The smallest absolute Gasteiger partial charge is 0.237 e. The van der Waals surface area contributed by atoms with Gasteiger partial charge in [-0.2, -0.15) is 0 Å². The van der Waals surface area contributed by atoms with Gasteiger partial charge in [-0.05, 0) is 19.4 Å². The number of amides is 1. The second kappa shape index (κ2) is 7.70. The lowest BCUT2D eigenvalue weighted by atomic mass is 10.1. The molecule has 0 saturated carbocycles. The monoisotopic (exact) mass is 186 g/mol. The number of unbranched alkanes of at least 4 members (excludes halogenated alkanes) is 1. The molecule has 0 heterocycles. The van der Waals surface area contributed by atoms with Crippen LogP contribution >= 0.6 is 0 Å². The Hall–Kier alpha value is -0.940. The maximum Gasteiger partial charge on any atom is 0.237 e. The minimum atomic E-state index is -0.542. The summed E-state index contributed by atoms with van der Waals surface area (Å²) in [5.41, 5.74) is 10.8. The van der Waals surface area contributed by atoms with Crippen LogP contribution in [0.25, 0.3) is 0 Å². The van der Waals surface area contributed by atoms with E-state index in [-0.39, 0.29) is 12.5 Å². The highest BCUT2D eigenvalue weighted by atomic mass is 16.2. The molecule has 0 fully saturated rings. The Balaban J connectivity index is 3.50. The van der Waals surface area contributed by atoms with Crippen LogP contribution in [0.15, 0.2) is 0 Å². The van der Waals surface area contributed by atoms with Crippen LogP contribution in [0.3, 0.4) is 0 Å². The summed E-state index contributed by atoms with van der Waals surface area (Å²) in [6.07, 6.45) is 3.85. The fourth-order valence-electron chi connectivity index (χ4n) is 0.894. The first kappa shape index (κ1) is 12.1. The average Bonchev–Trinajstić information content (AvgIpc) is 2.14. The maximum absolute atomic E-state index is 11.0. The lowest BCUT2D eigenvalue weighted by Gasteiger charge is -2.09. The van der Waals surface area contributed by atoms with Crippen LogP contribution in [-0.4, -0.2) is 31.3 Å². The number of rotatable bonds is 7. The Kier molecular flexibility index (Phi) is 7.14. The molecule has 13 heavy (non-hydrogen) atoms. The summed E-state index contributed by atoms with van der Waals surface area (Å²) in [5.74, 6) is -0.305. The van der Waals surface area contributed by atoms with Gasteiger partial charge in [-0.25, -0.2) is 0 Å². The first-order valence-corrected chi connectivity index (χ1v) is 4.30. The summed E-state index contributed by atoms with van der Waals surface area (Å²) in [5, 5.41) is 2.34. The molecular formula is C8H16N3O2. The molecule has 0 aromatic rings. The number of hydrogen-bond donors (Lipinski definition) is 3. The van der Waals surface area contributed by atoms with E-state index >= 15 is 0 Å². The van der Waals surface area contributed by atoms with Gasteiger partial charge < -0.3 is 16.8 Å². The third-order valence-corrected chi connectivity index (χ3v) is 1.64. The van der Waals surface area contributed by atoms with Crippen molar-refractivity contribution in [1.82, 2.24) is 5.32 Å². The Bertz CT molecular complexity index is 161. The predicted molar refractivity (Wildman–Crippen MR) is 49.6 cm³/mol. The van der Waals surface area contributed by atoms with E-state index in [9.17, 15) is 9.59 Å². The lowest BCUT2D eigenvalue weighted by Crippen LogP contribution is -2.41. The first-order valence-electron chi connectivity index (χ1n) is 4.30. The molecule has 75 valence electrons. The minimum Gasteiger partial charge on any atom is -0.347 e. The fraction of sp³-hybridized carbons (Fsp3) is 0.750. The van der Waals surface area contributed by atoms with Gasteiger partial charge in [0.2, 0.25) is 12.2 Å². The highest BCUT2D eigenvalue weighted by molar-refractivity contribution is 5.83. The van der Waals surface area contributed by atoms with Gasteiger partial charge in [0, 0.05) is 0 Å². The predicted octanol–water partition coefficient (Wildman–Crippen LogP) is -1.33. The molecule has 5 N–H and O–H groups in total. The first-order chi connectivity index (χ1) is 6.22. The van der Waals surface area contributed by atoms with Crippen LogP contribution in [0, 0.1) is 0 Å². The van der Waals surface area contributed by atoms with Crippen molar-refractivity contribution in [3.8, 4) is 0 Å². The Morgan fingerprint density at radius 3 is 2.69 bits per heavy atom. The van der Waals surface area contributed by atoms with Crippen molar-refractivity contribution >= 4 is 12.2 Å². The van der Waals surface area contributed by atoms with E-state index < -0.39 is 6.04 Å². The maximum atomic E-state index is 11.0. The molecule has 1 atom stereocenters.